The molecule has 15 heavy (non-hydrogen) atoms. The molecule has 0 aliphatic heterocycles. The van der Waals surface area contributed by atoms with E-state index in [-0.39, 0.29) is 31.5 Å². The largest absolute Gasteiger partial charge is 2.00 e. The Bertz CT molecular complexity index is 203. The molecule has 0 rings (SSSR count). The van der Waals surface area contributed by atoms with Crippen LogP contribution in [0.25, 0.3) is 0 Å². The van der Waals surface area contributed by atoms with Crippen LogP contribution in [-0.4, -0.2) is 22.9 Å². The predicted molar refractivity (Wildman–Crippen MR) is 66.9 cm³/mol. The van der Waals surface area contributed by atoms with E-state index in [0.717, 1.165) is 0 Å². The summed E-state index contributed by atoms with van der Waals surface area (Å²) in [5.74, 6) is 2.83. The Morgan fingerprint density at radius 1 is 1.07 bits per heavy atom. The molecule has 0 atom stereocenters. The first kappa shape index (κ1) is 20.5. The van der Waals surface area contributed by atoms with Crippen molar-refractivity contribution in [2.75, 3.05) is 7.05 Å². The van der Waals surface area contributed by atoms with Gasteiger partial charge in [-0.05, 0) is 20.8 Å². The summed E-state index contributed by atoms with van der Waals surface area (Å²) in [5, 5.41) is 0. The first-order valence-corrected chi connectivity index (χ1v) is 4.89. The molecule has 0 saturated heterocycles. The van der Waals surface area contributed by atoms with Crippen molar-refractivity contribution < 1.29 is 23.1 Å². The van der Waals surface area contributed by atoms with Crippen molar-refractivity contribution in [2.45, 2.75) is 61.4 Å². The number of rotatable bonds is 3. The second kappa shape index (κ2) is 7.41. The van der Waals surface area contributed by atoms with Crippen molar-refractivity contribution in [2.24, 2.45) is 0 Å². The van der Waals surface area contributed by atoms with Crippen LogP contribution in [0.3, 0.4) is 0 Å². The number of nitrogens with zero attached hydrogens (tertiary/aromatic N) is 1. The van der Waals surface area contributed by atoms with E-state index in [1.165, 1.54) is 17.5 Å². The summed E-state index contributed by atoms with van der Waals surface area (Å²) in [4.78, 5) is 0. The van der Waals surface area contributed by atoms with Crippen LogP contribution in [0, 0.1) is 11.8 Å². The Balaban J connectivity index is -0.000000720. The van der Waals surface area contributed by atoms with Gasteiger partial charge in [-0.15, -0.1) is 0 Å². The zero-order valence-electron chi connectivity index (χ0n) is 10.9. The molecule has 0 aliphatic rings. The minimum absolute atomic E-state index is 0. The van der Waals surface area contributed by atoms with Crippen molar-refractivity contribution in [1.82, 2.24) is 0 Å². The quantitative estimate of drug-likeness (QED) is 0.407. The molecule has 1 nitrogen and oxygen atoms in total. The molecular formula is C13H28NV+. The van der Waals surface area contributed by atoms with Gasteiger partial charge in [-0.1, -0.05) is 7.43 Å². The summed E-state index contributed by atoms with van der Waals surface area (Å²) in [6, 6.07) is 0. The molecule has 0 aromatic carbocycles. The van der Waals surface area contributed by atoms with E-state index in [2.05, 4.69) is 60.1 Å². The molecule has 0 fully saturated rings. The summed E-state index contributed by atoms with van der Waals surface area (Å²) >= 11 is 0. The van der Waals surface area contributed by atoms with Gasteiger partial charge in [0.25, 0.3) is 0 Å². The molecule has 0 N–H and O–H groups in total. The zero-order chi connectivity index (χ0) is 10.8. The first-order chi connectivity index (χ1) is 5.71. The third kappa shape index (κ3) is 5.13. The zero-order valence-corrected chi connectivity index (χ0v) is 12.3. The molecule has 0 aliphatic carbocycles. The van der Waals surface area contributed by atoms with E-state index < -0.39 is 0 Å². The Kier molecular flexibility index (Phi) is 10.1. The van der Waals surface area contributed by atoms with Crippen LogP contribution in [0.5, 0.6) is 0 Å². The van der Waals surface area contributed by atoms with Gasteiger partial charge in [0.1, 0.15) is 7.05 Å². The van der Waals surface area contributed by atoms with E-state index in [1.54, 1.807) is 0 Å². The van der Waals surface area contributed by atoms with Gasteiger partial charge in [-0.2, -0.15) is 27.7 Å². The summed E-state index contributed by atoms with van der Waals surface area (Å²) in [6.07, 6.45) is 0. The second-order valence-corrected chi connectivity index (χ2v) is 4.70. The van der Waals surface area contributed by atoms with Crippen molar-refractivity contribution in [3.63, 3.8) is 0 Å². The van der Waals surface area contributed by atoms with Crippen molar-refractivity contribution in [1.29, 1.82) is 0 Å². The summed E-state index contributed by atoms with van der Waals surface area (Å²) in [5.41, 5.74) is 1.52. The Morgan fingerprint density at radius 3 is 1.60 bits per heavy atom. The normalized spacial score (nSPS) is 12.6. The first-order valence-electron chi connectivity index (χ1n) is 4.89. The topological polar surface area (TPSA) is 3.01 Å². The monoisotopic (exact) mass is 249 g/mol. The SMILES string of the molecule is C.CC([C-](C)C)=[N+](C)C(C)(C)[C-](C)C.[V+2]. The molecule has 2 heteroatoms. The maximum atomic E-state index is 2.34. The molecule has 0 spiro atoms. The van der Waals surface area contributed by atoms with Crippen molar-refractivity contribution in [3.8, 4) is 0 Å². The van der Waals surface area contributed by atoms with Gasteiger partial charge in [0.05, 0.1) is 0 Å². The molecule has 0 aromatic rings. The fourth-order valence-corrected chi connectivity index (χ4v) is 1.09. The van der Waals surface area contributed by atoms with Crippen LogP contribution < -0.4 is 0 Å². The van der Waals surface area contributed by atoms with Gasteiger partial charge in [-0.3, -0.25) is 16.4 Å². The Morgan fingerprint density at radius 2 is 1.40 bits per heavy atom. The van der Waals surface area contributed by atoms with Crippen molar-refractivity contribution >= 4 is 5.71 Å². The van der Waals surface area contributed by atoms with Gasteiger partial charge in [0.2, 0.25) is 0 Å². The Labute approximate surface area is 109 Å². The molecule has 0 heterocycles. The number of hydrogen-bond acceptors (Lipinski definition) is 0. The van der Waals surface area contributed by atoms with E-state index in [1.807, 2.05) is 0 Å². The summed E-state index contributed by atoms with van der Waals surface area (Å²) in [7, 11) is 2.16. The molecular weight excluding hydrogens is 221 g/mol. The van der Waals surface area contributed by atoms with E-state index >= 15 is 0 Å². The summed E-state index contributed by atoms with van der Waals surface area (Å²) < 4.78 is 2.34. The van der Waals surface area contributed by atoms with Crippen LogP contribution in [0.15, 0.2) is 0 Å². The minimum atomic E-state index is 0. The second-order valence-electron chi connectivity index (χ2n) is 4.70. The maximum absolute atomic E-state index is 2.34. The Hall–Kier alpha value is 0.124. The standard InChI is InChI=1S/C12H24N.CH4.V/c1-9(2)11(5)13(8)12(6,7)10(3)4;;/h1-8H3;1H4;/q-1;;+2. The van der Waals surface area contributed by atoms with Crippen LogP contribution >= 0.6 is 0 Å². The number of hydrogen-bond donors (Lipinski definition) is 0. The average molecular weight is 249 g/mol. The van der Waals surface area contributed by atoms with Gasteiger partial charge in [-0.25, -0.2) is 0 Å². The van der Waals surface area contributed by atoms with Crippen LogP contribution in [0.2, 0.25) is 0 Å². The van der Waals surface area contributed by atoms with Crippen LogP contribution in [-0.2, 0) is 18.6 Å². The van der Waals surface area contributed by atoms with Crippen LogP contribution in [0.4, 0.5) is 0 Å². The molecule has 0 unspecified atom stereocenters. The van der Waals surface area contributed by atoms with Gasteiger partial charge < -0.3 is 0 Å². The van der Waals surface area contributed by atoms with E-state index in [4.69, 9.17) is 0 Å². The van der Waals surface area contributed by atoms with Crippen LogP contribution in [0.1, 0.15) is 55.9 Å². The molecule has 89 valence electrons. The van der Waals surface area contributed by atoms with Crippen molar-refractivity contribution in [3.05, 3.63) is 11.8 Å². The molecule has 0 saturated carbocycles. The third-order valence-electron chi connectivity index (χ3n) is 3.29. The fourth-order valence-electron chi connectivity index (χ4n) is 1.09. The average Bonchev–Trinajstić information content (AvgIpc) is 2.01. The van der Waals surface area contributed by atoms with Gasteiger partial charge in [0.15, 0.2) is 0 Å². The maximum Gasteiger partial charge on any atom is 2.00 e. The summed E-state index contributed by atoms with van der Waals surface area (Å²) in [6.45, 7) is 15.4. The molecule has 0 bridgehead atoms. The van der Waals surface area contributed by atoms with E-state index in [9.17, 15) is 0 Å². The molecule has 0 aromatic heterocycles. The van der Waals surface area contributed by atoms with Gasteiger partial charge >= 0.3 is 18.6 Å². The fraction of sp³-hybridized carbons (Fsp3) is 0.769. The van der Waals surface area contributed by atoms with E-state index in [0.29, 0.717) is 0 Å². The third-order valence-corrected chi connectivity index (χ3v) is 3.29. The molecule has 1 radical (unpaired) electrons. The predicted octanol–water partition coefficient (Wildman–Crippen LogP) is 3.73. The molecule has 0 amide bonds. The smallest absolute Gasteiger partial charge is 0.294 e. The minimum Gasteiger partial charge on any atom is -0.294 e. The van der Waals surface area contributed by atoms with Gasteiger partial charge in [0, 0.05) is 11.3 Å².